The van der Waals surface area contributed by atoms with Gasteiger partial charge in [0, 0.05) is 0 Å². The second-order valence-corrected chi connectivity index (χ2v) is 7.52. The maximum Gasteiger partial charge on any atom is -0.0202 e. The molecule has 0 spiro atoms. The smallest absolute Gasteiger partial charge is 0.0202 e. The molecule has 0 heteroatoms. The lowest BCUT2D eigenvalue weighted by molar-refractivity contribution is -0.0225. The first-order valence-electron chi connectivity index (χ1n) is 8.60. The Morgan fingerprint density at radius 2 is 1.44 bits per heavy atom. The maximum atomic E-state index is 2.58. The lowest BCUT2D eigenvalue weighted by atomic mass is 9.52. The summed E-state index contributed by atoms with van der Waals surface area (Å²) in [7, 11) is 0. The minimum atomic E-state index is 0.972. The van der Waals surface area contributed by atoms with Gasteiger partial charge in [0.15, 0.2) is 0 Å². The van der Waals surface area contributed by atoms with E-state index >= 15 is 0 Å². The Hall–Kier alpha value is -0.260. The lowest BCUT2D eigenvalue weighted by Crippen LogP contribution is -2.44. The molecule has 0 amide bonds. The van der Waals surface area contributed by atoms with Crippen molar-refractivity contribution in [3.8, 4) is 0 Å². The van der Waals surface area contributed by atoms with Crippen molar-refractivity contribution < 1.29 is 0 Å². The number of allylic oxidation sites excluding steroid dienone is 2. The summed E-state index contributed by atoms with van der Waals surface area (Å²) in [6, 6.07) is 0. The summed E-state index contributed by atoms with van der Waals surface area (Å²) in [4.78, 5) is 0. The molecule has 0 aromatic heterocycles. The van der Waals surface area contributed by atoms with Gasteiger partial charge in [-0.15, -0.1) is 0 Å². The van der Waals surface area contributed by atoms with E-state index in [9.17, 15) is 0 Å². The average Bonchev–Trinajstić information content (AvgIpc) is 2.46. The summed E-state index contributed by atoms with van der Waals surface area (Å²) < 4.78 is 0. The fourth-order valence-corrected chi connectivity index (χ4v) is 6.20. The summed E-state index contributed by atoms with van der Waals surface area (Å²) in [6.45, 7) is 0. The molecule has 0 heterocycles. The SMILES string of the molecule is C1=CC2CCC3C4CCCCC4CCC3C2CC1. The van der Waals surface area contributed by atoms with Gasteiger partial charge < -0.3 is 0 Å². The monoisotopic (exact) mass is 244 g/mol. The number of hydrogen-bond acceptors (Lipinski definition) is 0. The molecule has 0 radical (unpaired) electrons. The Kier molecular flexibility index (Phi) is 3.01. The Morgan fingerprint density at radius 3 is 2.44 bits per heavy atom. The summed E-state index contributed by atoms with van der Waals surface area (Å²) >= 11 is 0. The van der Waals surface area contributed by atoms with Crippen molar-refractivity contribution in [3.63, 3.8) is 0 Å². The van der Waals surface area contributed by atoms with Crippen molar-refractivity contribution in [2.45, 2.75) is 64.2 Å². The highest BCUT2D eigenvalue weighted by Crippen LogP contribution is 2.56. The van der Waals surface area contributed by atoms with Gasteiger partial charge in [-0.1, -0.05) is 31.4 Å². The lowest BCUT2D eigenvalue weighted by Gasteiger charge is -2.53. The van der Waals surface area contributed by atoms with Crippen LogP contribution in [0.25, 0.3) is 0 Å². The average molecular weight is 244 g/mol. The first-order chi connectivity index (χ1) is 8.93. The van der Waals surface area contributed by atoms with E-state index in [-0.39, 0.29) is 0 Å². The van der Waals surface area contributed by atoms with Crippen LogP contribution in [-0.2, 0) is 0 Å². The van der Waals surface area contributed by atoms with E-state index in [1.54, 1.807) is 38.5 Å². The van der Waals surface area contributed by atoms with Crippen LogP contribution < -0.4 is 0 Å². The van der Waals surface area contributed by atoms with E-state index in [0.717, 1.165) is 35.5 Å². The van der Waals surface area contributed by atoms with Crippen LogP contribution in [0, 0.1) is 35.5 Å². The normalized spacial score (nSPS) is 51.1. The van der Waals surface area contributed by atoms with Crippen molar-refractivity contribution >= 4 is 0 Å². The molecule has 0 aromatic carbocycles. The Labute approximate surface area is 112 Å². The third kappa shape index (κ3) is 1.79. The Bertz CT molecular complexity index is 329. The van der Waals surface area contributed by atoms with E-state index in [1.807, 2.05) is 0 Å². The predicted molar refractivity (Wildman–Crippen MR) is 76.3 cm³/mol. The van der Waals surface area contributed by atoms with Gasteiger partial charge in [0.2, 0.25) is 0 Å². The largest absolute Gasteiger partial charge is 0.0882 e. The Balaban J connectivity index is 1.56. The molecule has 0 aliphatic heterocycles. The molecule has 3 fully saturated rings. The van der Waals surface area contributed by atoms with Gasteiger partial charge in [0.05, 0.1) is 0 Å². The van der Waals surface area contributed by atoms with Gasteiger partial charge in [-0.2, -0.15) is 0 Å². The zero-order valence-corrected chi connectivity index (χ0v) is 11.7. The molecule has 3 saturated carbocycles. The number of rotatable bonds is 0. The Morgan fingerprint density at radius 1 is 0.611 bits per heavy atom. The van der Waals surface area contributed by atoms with Gasteiger partial charge in [-0.3, -0.25) is 0 Å². The zero-order valence-electron chi connectivity index (χ0n) is 11.7. The minimum Gasteiger partial charge on any atom is -0.0882 e. The van der Waals surface area contributed by atoms with Gasteiger partial charge in [-0.25, -0.2) is 0 Å². The van der Waals surface area contributed by atoms with Gasteiger partial charge >= 0.3 is 0 Å². The first-order valence-corrected chi connectivity index (χ1v) is 8.60. The quantitative estimate of drug-likeness (QED) is 0.514. The van der Waals surface area contributed by atoms with E-state index in [4.69, 9.17) is 0 Å². The second-order valence-electron chi connectivity index (χ2n) is 7.52. The van der Waals surface area contributed by atoms with Crippen LogP contribution in [-0.4, -0.2) is 0 Å². The van der Waals surface area contributed by atoms with Crippen LogP contribution >= 0.6 is 0 Å². The minimum absolute atomic E-state index is 0.972. The van der Waals surface area contributed by atoms with Crippen LogP contribution in [0.5, 0.6) is 0 Å². The van der Waals surface area contributed by atoms with E-state index in [0.29, 0.717) is 0 Å². The molecule has 0 saturated heterocycles. The predicted octanol–water partition coefficient (Wildman–Crippen LogP) is 5.20. The van der Waals surface area contributed by atoms with Crippen molar-refractivity contribution in [1.29, 1.82) is 0 Å². The fraction of sp³-hybridized carbons (Fsp3) is 0.889. The van der Waals surface area contributed by atoms with Crippen LogP contribution in [0.1, 0.15) is 64.2 Å². The number of fused-ring (bicyclic) bond motifs is 5. The number of hydrogen-bond donors (Lipinski definition) is 0. The molecule has 6 unspecified atom stereocenters. The summed E-state index contributed by atoms with van der Waals surface area (Å²) in [5, 5.41) is 0. The summed E-state index contributed by atoms with van der Waals surface area (Å²) in [6.07, 6.45) is 20.4. The molecular formula is C18H28. The summed E-state index contributed by atoms with van der Waals surface area (Å²) in [5.74, 6) is 6.58. The first kappa shape index (κ1) is 11.6. The standard InChI is InChI=1S/C18H28/c1-3-7-15-13(5-1)9-11-18-16-8-4-2-6-14(16)10-12-17(15)18/h1,5,13-18H,2-4,6-12H2. The molecule has 18 heavy (non-hydrogen) atoms. The highest BCUT2D eigenvalue weighted by molar-refractivity contribution is 5.05. The van der Waals surface area contributed by atoms with Crippen LogP contribution in [0.2, 0.25) is 0 Å². The van der Waals surface area contributed by atoms with Gasteiger partial charge in [0.1, 0.15) is 0 Å². The third-order valence-corrected chi connectivity index (χ3v) is 6.92. The van der Waals surface area contributed by atoms with Crippen LogP contribution in [0.3, 0.4) is 0 Å². The van der Waals surface area contributed by atoms with Crippen molar-refractivity contribution in [1.82, 2.24) is 0 Å². The fourth-order valence-electron chi connectivity index (χ4n) is 6.20. The highest BCUT2D eigenvalue weighted by atomic mass is 14.5. The molecular weight excluding hydrogens is 216 g/mol. The van der Waals surface area contributed by atoms with Crippen molar-refractivity contribution in [3.05, 3.63) is 12.2 Å². The molecule has 0 nitrogen and oxygen atoms in total. The maximum absolute atomic E-state index is 2.58. The summed E-state index contributed by atoms with van der Waals surface area (Å²) in [5.41, 5.74) is 0. The molecule has 4 aliphatic rings. The van der Waals surface area contributed by atoms with E-state index in [2.05, 4.69) is 12.2 Å². The van der Waals surface area contributed by atoms with E-state index in [1.165, 1.54) is 25.7 Å². The molecule has 0 N–H and O–H groups in total. The zero-order chi connectivity index (χ0) is 11.9. The molecule has 4 rings (SSSR count). The van der Waals surface area contributed by atoms with Crippen molar-refractivity contribution in [2.75, 3.05) is 0 Å². The third-order valence-electron chi connectivity index (χ3n) is 6.92. The van der Waals surface area contributed by atoms with E-state index < -0.39 is 0 Å². The molecule has 6 atom stereocenters. The highest BCUT2D eigenvalue weighted by Gasteiger charge is 2.46. The van der Waals surface area contributed by atoms with Crippen LogP contribution in [0.15, 0.2) is 12.2 Å². The van der Waals surface area contributed by atoms with Gasteiger partial charge in [0.25, 0.3) is 0 Å². The molecule has 0 bridgehead atoms. The van der Waals surface area contributed by atoms with Gasteiger partial charge in [-0.05, 0) is 80.5 Å². The van der Waals surface area contributed by atoms with Crippen LogP contribution in [0.4, 0.5) is 0 Å². The second kappa shape index (κ2) is 4.69. The topological polar surface area (TPSA) is 0 Å². The molecule has 100 valence electrons. The molecule has 4 aliphatic carbocycles. The van der Waals surface area contributed by atoms with Crippen molar-refractivity contribution in [2.24, 2.45) is 35.5 Å². The molecule has 0 aromatic rings.